The van der Waals surface area contributed by atoms with Gasteiger partial charge in [-0.2, -0.15) is 18.3 Å². The van der Waals surface area contributed by atoms with E-state index < -0.39 is 11.9 Å². The fourth-order valence-electron chi connectivity index (χ4n) is 1.67. The summed E-state index contributed by atoms with van der Waals surface area (Å²) in [6.45, 7) is 0.216. The Balaban J connectivity index is 2.25. The maximum atomic E-state index is 12.9. The molecule has 0 aromatic carbocycles. The van der Waals surface area contributed by atoms with Crippen molar-refractivity contribution in [2.45, 2.75) is 12.7 Å². The molecule has 8 heteroatoms. The lowest BCUT2D eigenvalue weighted by molar-refractivity contribution is -0.140. The molecular formula is C12H13F3N4O. The Hall–Kier alpha value is -2.25. The molecule has 0 aliphatic carbocycles. The number of alkyl halides is 3. The second-order valence-corrected chi connectivity index (χ2v) is 4.05. The number of hydrogen-bond donors (Lipinski definition) is 1. The Labute approximate surface area is 113 Å². The summed E-state index contributed by atoms with van der Waals surface area (Å²) in [5.41, 5.74) is -0.340. The Kier molecular flexibility index (Phi) is 3.82. The van der Waals surface area contributed by atoms with Gasteiger partial charge in [-0.05, 0) is 12.1 Å². The summed E-state index contributed by atoms with van der Waals surface area (Å²) in [6, 6.07) is 4.39. The molecule has 0 aliphatic rings. The van der Waals surface area contributed by atoms with Gasteiger partial charge >= 0.3 is 6.18 Å². The van der Waals surface area contributed by atoms with Crippen molar-refractivity contribution in [1.82, 2.24) is 14.8 Å². The van der Waals surface area contributed by atoms with E-state index in [-0.39, 0.29) is 18.1 Å². The summed E-state index contributed by atoms with van der Waals surface area (Å²) in [6.07, 6.45) is -2.97. The van der Waals surface area contributed by atoms with E-state index in [2.05, 4.69) is 15.4 Å². The summed E-state index contributed by atoms with van der Waals surface area (Å²) in [7, 11) is 2.99. The number of aryl methyl sites for hydroxylation is 1. The van der Waals surface area contributed by atoms with Gasteiger partial charge in [0.05, 0.1) is 25.0 Å². The summed E-state index contributed by atoms with van der Waals surface area (Å²) in [5, 5.41) is 6.66. The summed E-state index contributed by atoms with van der Waals surface area (Å²) >= 11 is 0. The molecule has 2 aromatic rings. The van der Waals surface area contributed by atoms with Gasteiger partial charge in [-0.1, -0.05) is 0 Å². The van der Waals surface area contributed by atoms with E-state index in [4.69, 9.17) is 4.74 Å². The van der Waals surface area contributed by atoms with Crippen LogP contribution in [0.25, 0.3) is 0 Å². The lowest BCUT2D eigenvalue weighted by atomic mass is 10.2. The van der Waals surface area contributed by atoms with Gasteiger partial charge in [0.2, 0.25) is 5.88 Å². The minimum Gasteiger partial charge on any atom is -0.481 e. The van der Waals surface area contributed by atoms with Gasteiger partial charge in [0.1, 0.15) is 0 Å². The molecule has 2 rings (SSSR count). The predicted molar refractivity (Wildman–Crippen MR) is 66.3 cm³/mol. The van der Waals surface area contributed by atoms with Gasteiger partial charge in [-0.3, -0.25) is 4.68 Å². The maximum absolute atomic E-state index is 12.9. The third kappa shape index (κ3) is 3.01. The SMILES string of the molecule is COc1ccc(NCc2ccnn2C)c(C(F)(F)F)n1. The predicted octanol–water partition coefficient (Wildman–Crippen LogP) is 2.45. The first-order valence-corrected chi connectivity index (χ1v) is 5.75. The lowest BCUT2D eigenvalue weighted by Gasteiger charge is -2.14. The van der Waals surface area contributed by atoms with Crippen LogP contribution in [0, 0.1) is 0 Å². The Morgan fingerprint density at radius 1 is 1.30 bits per heavy atom. The standard InChI is InChI=1S/C12H13F3N4O/c1-19-8(5-6-17-19)7-16-9-3-4-10(20-2)18-11(9)12(13,14)15/h3-6,16H,7H2,1-2H3. The van der Waals surface area contributed by atoms with Crippen molar-refractivity contribution in [3.8, 4) is 5.88 Å². The molecule has 0 fully saturated rings. The molecule has 0 atom stereocenters. The minimum atomic E-state index is -4.55. The highest BCUT2D eigenvalue weighted by atomic mass is 19.4. The third-order valence-corrected chi connectivity index (χ3v) is 2.73. The topological polar surface area (TPSA) is 52.0 Å². The molecule has 1 N–H and O–H groups in total. The summed E-state index contributed by atoms with van der Waals surface area (Å²) in [4.78, 5) is 3.45. The van der Waals surface area contributed by atoms with Crippen molar-refractivity contribution in [3.63, 3.8) is 0 Å². The molecular weight excluding hydrogens is 273 g/mol. The quantitative estimate of drug-likeness (QED) is 0.938. The van der Waals surface area contributed by atoms with Gasteiger partial charge in [0, 0.05) is 19.3 Å². The fraction of sp³-hybridized carbons (Fsp3) is 0.333. The van der Waals surface area contributed by atoms with Crippen LogP contribution in [-0.2, 0) is 19.8 Å². The number of nitrogens with one attached hydrogen (secondary N) is 1. The van der Waals surface area contributed by atoms with Crippen LogP contribution in [0.2, 0.25) is 0 Å². The van der Waals surface area contributed by atoms with E-state index >= 15 is 0 Å². The molecule has 0 radical (unpaired) electrons. The molecule has 2 aromatic heterocycles. The number of nitrogens with zero attached hydrogens (tertiary/aromatic N) is 3. The number of ether oxygens (including phenoxy) is 1. The van der Waals surface area contributed by atoms with Crippen LogP contribution in [-0.4, -0.2) is 21.9 Å². The first-order chi connectivity index (χ1) is 9.41. The smallest absolute Gasteiger partial charge is 0.435 e. The van der Waals surface area contributed by atoms with Crippen molar-refractivity contribution < 1.29 is 17.9 Å². The van der Waals surface area contributed by atoms with E-state index in [9.17, 15) is 13.2 Å². The summed E-state index contributed by atoms with van der Waals surface area (Å²) in [5.74, 6) is -0.0802. The van der Waals surface area contributed by atoms with Crippen molar-refractivity contribution in [3.05, 3.63) is 35.8 Å². The number of pyridine rings is 1. The number of halogens is 3. The average Bonchev–Trinajstić information content (AvgIpc) is 2.80. The van der Waals surface area contributed by atoms with Gasteiger partial charge < -0.3 is 10.1 Å². The molecule has 0 amide bonds. The van der Waals surface area contributed by atoms with E-state index in [0.717, 1.165) is 5.69 Å². The highest BCUT2D eigenvalue weighted by Gasteiger charge is 2.36. The number of anilines is 1. The van der Waals surface area contributed by atoms with Crippen molar-refractivity contribution in [2.24, 2.45) is 7.05 Å². The van der Waals surface area contributed by atoms with Crippen LogP contribution in [0.15, 0.2) is 24.4 Å². The molecule has 0 spiro atoms. The second kappa shape index (κ2) is 5.40. The maximum Gasteiger partial charge on any atom is 0.435 e. The number of aromatic nitrogens is 3. The first kappa shape index (κ1) is 14.2. The third-order valence-electron chi connectivity index (χ3n) is 2.73. The zero-order chi connectivity index (χ0) is 14.8. The Morgan fingerprint density at radius 2 is 2.05 bits per heavy atom. The second-order valence-electron chi connectivity index (χ2n) is 4.05. The average molecular weight is 286 g/mol. The Bertz CT molecular complexity index is 595. The zero-order valence-electron chi connectivity index (χ0n) is 10.9. The highest BCUT2D eigenvalue weighted by Crippen LogP contribution is 2.34. The molecule has 0 saturated heterocycles. The molecule has 0 unspecified atom stereocenters. The fourth-order valence-corrected chi connectivity index (χ4v) is 1.67. The van der Waals surface area contributed by atoms with Crippen molar-refractivity contribution >= 4 is 5.69 Å². The van der Waals surface area contributed by atoms with Crippen molar-refractivity contribution in [1.29, 1.82) is 0 Å². The first-order valence-electron chi connectivity index (χ1n) is 5.75. The van der Waals surface area contributed by atoms with Crippen LogP contribution in [0.4, 0.5) is 18.9 Å². The van der Waals surface area contributed by atoms with Crippen LogP contribution >= 0.6 is 0 Å². The molecule has 0 bridgehead atoms. The molecule has 2 heterocycles. The van der Waals surface area contributed by atoms with Gasteiger partial charge in [0.25, 0.3) is 0 Å². The van der Waals surface area contributed by atoms with E-state index in [1.165, 1.54) is 19.2 Å². The van der Waals surface area contributed by atoms with E-state index in [0.29, 0.717) is 0 Å². The monoisotopic (exact) mass is 286 g/mol. The highest BCUT2D eigenvalue weighted by molar-refractivity contribution is 5.50. The number of rotatable bonds is 4. The van der Waals surface area contributed by atoms with Crippen molar-refractivity contribution in [2.75, 3.05) is 12.4 Å². The Morgan fingerprint density at radius 3 is 2.60 bits per heavy atom. The lowest BCUT2D eigenvalue weighted by Crippen LogP contribution is -2.14. The molecule has 0 saturated carbocycles. The molecule has 0 aliphatic heterocycles. The number of methoxy groups -OCH3 is 1. The number of hydrogen-bond acceptors (Lipinski definition) is 4. The molecule has 20 heavy (non-hydrogen) atoms. The van der Waals surface area contributed by atoms with E-state index in [1.807, 2.05) is 0 Å². The normalized spacial score (nSPS) is 11.4. The van der Waals surface area contributed by atoms with Gasteiger partial charge in [0.15, 0.2) is 5.69 Å². The zero-order valence-corrected chi connectivity index (χ0v) is 10.9. The van der Waals surface area contributed by atoms with Crippen LogP contribution < -0.4 is 10.1 Å². The van der Waals surface area contributed by atoms with Gasteiger partial charge in [-0.15, -0.1) is 0 Å². The van der Waals surface area contributed by atoms with Crippen LogP contribution in [0.1, 0.15) is 11.4 Å². The molecule has 108 valence electrons. The van der Waals surface area contributed by atoms with Crippen LogP contribution in [0.3, 0.4) is 0 Å². The van der Waals surface area contributed by atoms with E-state index in [1.54, 1.807) is 24.0 Å². The largest absolute Gasteiger partial charge is 0.481 e. The molecule has 5 nitrogen and oxygen atoms in total. The van der Waals surface area contributed by atoms with Gasteiger partial charge in [-0.25, -0.2) is 4.98 Å². The van der Waals surface area contributed by atoms with Crippen LogP contribution in [0.5, 0.6) is 5.88 Å². The summed E-state index contributed by atoms with van der Waals surface area (Å²) < 4.78 is 45.1. The minimum absolute atomic E-state index is 0.0802.